The third kappa shape index (κ3) is 2.43. The quantitative estimate of drug-likeness (QED) is 0.856. The van der Waals surface area contributed by atoms with E-state index < -0.39 is 11.8 Å². The largest absolute Gasteiger partial charge is 0.478 e. The van der Waals surface area contributed by atoms with Gasteiger partial charge in [-0.1, -0.05) is 0 Å². The molecule has 1 aliphatic rings. The number of halogens is 1. The summed E-state index contributed by atoms with van der Waals surface area (Å²) in [5.41, 5.74) is 0.186. The molecule has 0 bridgehead atoms. The Morgan fingerprint density at radius 2 is 2.06 bits per heavy atom. The van der Waals surface area contributed by atoms with Gasteiger partial charge in [0.05, 0.1) is 5.56 Å². The molecule has 1 saturated heterocycles. The van der Waals surface area contributed by atoms with Gasteiger partial charge in [0, 0.05) is 18.7 Å². The Morgan fingerprint density at radius 1 is 1.29 bits per heavy atom. The first kappa shape index (κ1) is 11.6. The first-order valence-electron chi connectivity index (χ1n) is 5.42. The molecule has 1 aliphatic heterocycles. The molecule has 1 N–H and O–H groups in total. The van der Waals surface area contributed by atoms with E-state index in [4.69, 9.17) is 5.11 Å². The summed E-state index contributed by atoms with van der Waals surface area (Å²) in [6.45, 7) is 0.515. The Balaban J connectivity index is 2.37. The zero-order chi connectivity index (χ0) is 12.4. The number of amides is 1. The highest BCUT2D eigenvalue weighted by atomic mass is 19.1. The van der Waals surface area contributed by atoms with Crippen LogP contribution in [0.15, 0.2) is 18.2 Å². The van der Waals surface area contributed by atoms with E-state index in [2.05, 4.69) is 0 Å². The zero-order valence-electron chi connectivity index (χ0n) is 9.15. The molecule has 90 valence electrons. The van der Waals surface area contributed by atoms with Crippen molar-refractivity contribution in [3.05, 3.63) is 29.6 Å². The first-order chi connectivity index (χ1) is 8.08. The van der Waals surface area contributed by atoms with Gasteiger partial charge in [0.1, 0.15) is 5.82 Å². The number of anilines is 1. The highest BCUT2D eigenvalue weighted by Crippen LogP contribution is 2.23. The lowest BCUT2D eigenvalue weighted by Gasteiger charge is -2.27. The van der Waals surface area contributed by atoms with Crippen molar-refractivity contribution in [3.63, 3.8) is 0 Å². The van der Waals surface area contributed by atoms with Gasteiger partial charge in [-0.3, -0.25) is 4.79 Å². The second-order valence-electron chi connectivity index (χ2n) is 4.01. The molecule has 0 spiro atoms. The molecule has 0 aliphatic carbocycles. The average molecular weight is 237 g/mol. The minimum atomic E-state index is -1.20. The van der Waals surface area contributed by atoms with Gasteiger partial charge >= 0.3 is 5.97 Å². The van der Waals surface area contributed by atoms with Crippen LogP contribution in [0.2, 0.25) is 0 Å². The minimum absolute atomic E-state index is 0.0850. The average Bonchev–Trinajstić information content (AvgIpc) is 2.28. The molecule has 0 atom stereocenters. The molecule has 0 unspecified atom stereocenters. The lowest BCUT2D eigenvalue weighted by Crippen LogP contribution is -2.35. The summed E-state index contributed by atoms with van der Waals surface area (Å²) >= 11 is 0. The van der Waals surface area contributed by atoms with E-state index >= 15 is 0 Å². The van der Waals surface area contributed by atoms with Gasteiger partial charge in [-0.2, -0.15) is 0 Å². The summed E-state index contributed by atoms with van der Waals surface area (Å²) in [7, 11) is 0. The maximum atomic E-state index is 13.3. The summed E-state index contributed by atoms with van der Waals surface area (Å²) < 4.78 is 13.3. The second kappa shape index (κ2) is 4.53. The third-order valence-corrected chi connectivity index (χ3v) is 2.76. The van der Waals surface area contributed by atoms with Crippen molar-refractivity contribution in [1.82, 2.24) is 0 Å². The van der Waals surface area contributed by atoms with Crippen molar-refractivity contribution >= 4 is 17.6 Å². The number of carbonyl (C=O) groups excluding carboxylic acids is 1. The van der Waals surface area contributed by atoms with Crippen LogP contribution in [-0.2, 0) is 4.79 Å². The molecule has 5 heteroatoms. The Morgan fingerprint density at radius 3 is 2.71 bits per heavy atom. The van der Waals surface area contributed by atoms with Gasteiger partial charge in [-0.25, -0.2) is 9.18 Å². The van der Waals surface area contributed by atoms with Crippen molar-refractivity contribution in [2.45, 2.75) is 19.3 Å². The van der Waals surface area contributed by atoms with Crippen molar-refractivity contribution in [2.75, 3.05) is 11.4 Å². The number of carboxylic acids is 1. The van der Waals surface area contributed by atoms with Crippen LogP contribution in [0, 0.1) is 5.82 Å². The number of carboxylic acid groups (broad SMARTS) is 1. The molecule has 1 amide bonds. The molecular weight excluding hydrogens is 225 g/mol. The van der Waals surface area contributed by atoms with Crippen LogP contribution < -0.4 is 4.90 Å². The number of piperidine rings is 1. The SMILES string of the molecule is O=C(O)c1cc(F)cc(N2CCCCC2=O)c1. The van der Waals surface area contributed by atoms with E-state index in [0.29, 0.717) is 18.7 Å². The Bertz CT molecular complexity index is 473. The van der Waals surface area contributed by atoms with Crippen LogP contribution in [0.3, 0.4) is 0 Å². The van der Waals surface area contributed by atoms with E-state index in [9.17, 15) is 14.0 Å². The van der Waals surface area contributed by atoms with E-state index in [1.54, 1.807) is 0 Å². The van der Waals surface area contributed by atoms with Crippen LogP contribution in [-0.4, -0.2) is 23.5 Å². The van der Waals surface area contributed by atoms with Crippen LogP contribution in [0.25, 0.3) is 0 Å². The Kier molecular flexibility index (Phi) is 3.08. The number of hydrogen-bond acceptors (Lipinski definition) is 2. The van der Waals surface area contributed by atoms with Crippen LogP contribution >= 0.6 is 0 Å². The normalized spacial score (nSPS) is 16.1. The maximum Gasteiger partial charge on any atom is 0.335 e. The topological polar surface area (TPSA) is 57.6 Å². The summed E-state index contributed by atoms with van der Waals surface area (Å²) in [6, 6.07) is 3.46. The maximum absolute atomic E-state index is 13.3. The minimum Gasteiger partial charge on any atom is -0.478 e. The number of nitrogens with zero attached hydrogens (tertiary/aromatic N) is 1. The van der Waals surface area contributed by atoms with E-state index in [1.165, 1.54) is 17.0 Å². The summed E-state index contributed by atoms with van der Waals surface area (Å²) in [4.78, 5) is 23.9. The van der Waals surface area contributed by atoms with Crippen LogP contribution in [0.4, 0.5) is 10.1 Å². The van der Waals surface area contributed by atoms with Gasteiger partial charge in [0.15, 0.2) is 0 Å². The second-order valence-corrected chi connectivity index (χ2v) is 4.01. The highest BCUT2D eigenvalue weighted by Gasteiger charge is 2.21. The number of rotatable bonds is 2. The van der Waals surface area contributed by atoms with Crippen molar-refractivity contribution in [2.24, 2.45) is 0 Å². The fourth-order valence-corrected chi connectivity index (χ4v) is 1.93. The van der Waals surface area contributed by atoms with Crippen molar-refractivity contribution in [3.8, 4) is 0 Å². The van der Waals surface area contributed by atoms with Gasteiger partial charge in [0.2, 0.25) is 5.91 Å². The zero-order valence-corrected chi connectivity index (χ0v) is 9.15. The molecule has 0 saturated carbocycles. The predicted molar refractivity (Wildman–Crippen MR) is 59.6 cm³/mol. The molecule has 2 rings (SSSR count). The monoisotopic (exact) mass is 237 g/mol. The standard InChI is InChI=1S/C12H12FNO3/c13-9-5-8(12(16)17)6-10(7-9)14-4-2-1-3-11(14)15/h5-7H,1-4H2,(H,16,17). The van der Waals surface area contributed by atoms with Gasteiger partial charge in [-0.15, -0.1) is 0 Å². The van der Waals surface area contributed by atoms with Crippen molar-refractivity contribution < 1.29 is 19.1 Å². The smallest absolute Gasteiger partial charge is 0.335 e. The fraction of sp³-hybridized carbons (Fsp3) is 0.333. The molecule has 0 radical (unpaired) electrons. The Labute approximate surface area is 97.7 Å². The molecule has 1 heterocycles. The van der Waals surface area contributed by atoms with Crippen molar-refractivity contribution in [1.29, 1.82) is 0 Å². The molecule has 0 aromatic heterocycles. The molecule has 1 aromatic rings. The number of carbonyl (C=O) groups is 2. The van der Waals surface area contributed by atoms with Crippen LogP contribution in [0.1, 0.15) is 29.6 Å². The van der Waals surface area contributed by atoms with E-state index in [1.807, 2.05) is 0 Å². The Hall–Kier alpha value is -1.91. The number of aromatic carboxylic acids is 1. The van der Waals surface area contributed by atoms with Gasteiger partial charge in [0.25, 0.3) is 0 Å². The molecule has 1 aromatic carbocycles. The summed E-state index contributed by atoms with van der Waals surface area (Å²) in [6.07, 6.45) is 2.11. The summed E-state index contributed by atoms with van der Waals surface area (Å²) in [5.74, 6) is -1.92. The highest BCUT2D eigenvalue weighted by molar-refractivity contribution is 5.96. The van der Waals surface area contributed by atoms with Gasteiger partial charge < -0.3 is 10.0 Å². The van der Waals surface area contributed by atoms with E-state index in [-0.39, 0.29) is 11.5 Å². The molecule has 1 fully saturated rings. The third-order valence-electron chi connectivity index (χ3n) is 2.76. The van der Waals surface area contributed by atoms with E-state index in [0.717, 1.165) is 18.9 Å². The van der Waals surface area contributed by atoms with Crippen LogP contribution in [0.5, 0.6) is 0 Å². The number of benzene rings is 1. The summed E-state index contributed by atoms with van der Waals surface area (Å²) in [5, 5.41) is 8.83. The molecule has 4 nitrogen and oxygen atoms in total. The fourth-order valence-electron chi connectivity index (χ4n) is 1.93. The molecule has 17 heavy (non-hydrogen) atoms. The molecular formula is C12H12FNO3. The first-order valence-corrected chi connectivity index (χ1v) is 5.42. The lowest BCUT2D eigenvalue weighted by molar-refractivity contribution is -0.119. The predicted octanol–water partition coefficient (Wildman–Crippen LogP) is 2.04. The lowest BCUT2D eigenvalue weighted by atomic mass is 10.1. The van der Waals surface area contributed by atoms with Gasteiger partial charge in [-0.05, 0) is 31.0 Å². The number of hydrogen-bond donors (Lipinski definition) is 1.